The molecule has 1 N–H and O–H groups in total. The number of nitrogens with zero attached hydrogens (tertiary/aromatic N) is 4. The quantitative estimate of drug-likeness (QED) is 0.307. The van der Waals surface area contributed by atoms with Crippen LogP contribution in [0.5, 0.6) is 17.5 Å². The number of phenols is 1. The zero-order valence-corrected chi connectivity index (χ0v) is 23.5. The number of alkyl halides is 1. The van der Waals surface area contributed by atoms with E-state index in [4.69, 9.17) is 20.9 Å². The normalized spacial score (nSPS) is 26.0. The molecule has 3 aliphatic heterocycles. The molecule has 2 saturated heterocycles. The summed E-state index contributed by atoms with van der Waals surface area (Å²) in [5.74, 6) is 1.81. The summed E-state index contributed by atoms with van der Waals surface area (Å²) in [6, 6.07) is 7.14. The van der Waals surface area contributed by atoms with Crippen molar-refractivity contribution in [3.8, 4) is 41.0 Å². The molecule has 1 unspecified atom stereocenters. The zero-order chi connectivity index (χ0) is 29.6. The van der Waals surface area contributed by atoms with E-state index in [-0.39, 0.29) is 52.7 Å². The Hall–Kier alpha value is -4.23. The summed E-state index contributed by atoms with van der Waals surface area (Å²) >= 11 is 0. The van der Waals surface area contributed by atoms with E-state index in [2.05, 4.69) is 15.8 Å². The Bertz CT molecular complexity index is 1880. The van der Waals surface area contributed by atoms with Gasteiger partial charge in [-0.05, 0) is 67.4 Å². The molecule has 8 rings (SSSR count). The number of ether oxygens (including phenoxy) is 2. The minimum atomic E-state index is -0.915. The minimum Gasteiger partial charge on any atom is -0.508 e. The molecule has 4 aromatic rings. The Morgan fingerprint density at radius 1 is 1.16 bits per heavy atom. The van der Waals surface area contributed by atoms with Crippen molar-refractivity contribution in [1.82, 2.24) is 14.9 Å². The summed E-state index contributed by atoms with van der Waals surface area (Å²) < 4.78 is 58.7. The lowest BCUT2D eigenvalue weighted by Gasteiger charge is -2.40. The molecule has 4 aliphatic rings. The molecule has 43 heavy (non-hydrogen) atoms. The molecule has 4 atom stereocenters. The summed E-state index contributed by atoms with van der Waals surface area (Å²) in [5.41, 5.74) is -0.216. The highest BCUT2D eigenvalue weighted by atomic mass is 19.1. The summed E-state index contributed by atoms with van der Waals surface area (Å²) in [5, 5.41) is 11.8. The number of anilines is 1. The second-order valence-electron chi connectivity index (χ2n) is 12.2. The predicted molar refractivity (Wildman–Crippen MR) is 156 cm³/mol. The summed E-state index contributed by atoms with van der Waals surface area (Å²) in [7, 11) is 1.90. The molecule has 0 bridgehead atoms. The van der Waals surface area contributed by atoms with Crippen LogP contribution in [0.2, 0.25) is 0 Å². The first-order valence-corrected chi connectivity index (χ1v) is 14.6. The number of rotatable bonds is 4. The highest BCUT2D eigenvalue weighted by Crippen LogP contribution is 2.48. The third kappa shape index (κ3) is 3.87. The SMILES string of the molecule is C#Cc1c(F)ccc2cc(O)cc(-c3cc4c5c(nc(OC[C@@]67CCCN6C[C@H](F)C7)nc5c3F)N(C)C3CC[C@H]3O4)c12. The number of likely N-dealkylation sites (N-methyl/N-ethyl adjacent to an activating group) is 1. The first-order valence-electron chi connectivity index (χ1n) is 14.6. The third-order valence-corrected chi connectivity index (χ3v) is 9.84. The van der Waals surface area contributed by atoms with Crippen molar-refractivity contribution < 1.29 is 27.8 Å². The van der Waals surface area contributed by atoms with Crippen molar-refractivity contribution in [1.29, 1.82) is 0 Å². The Balaban J connectivity index is 1.33. The Labute approximate surface area is 246 Å². The standard InChI is InChI=1S/C33H29F3N4O3/c1-3-20-23(35)6-5-17-11-19(41)12-21(27(17)20)22-13-26-28-30(29(22)36)37-32(38-31(28)39(2)24-7-8-25(24)43-26)42-16-33-9-4-10-40(33)15-18(34)14-33/h1,5-6,11-13,18,24-25,41H,4,7-10,14-16H2,2H3/t18-,24?,25-,33+/m1/s1. The average Bonchev–Trinajstić information content (AvgIpc) is 3.48. The molecule has 0 amide bonds. The van der Waals surface area contributed by atoms with Gasteiger partial charge in [0.1, 0.15) is 47.5 Å². The third-order valence-electron chi connectivity index (χ3n) is 9.84. The number of hydrogen-bond donors (Lipinski definition) is 1. The molecule has 220 valence electrons. The number of fused-ring (bicyclic) bond motifs is 3. The second-order valence-corrected chi connectivity index (χ2v) is 12.2. The minimum absolute atomic E-state index is 0.00576. The van der Waals surface area contributed by atoms with Crippen LogP contribution in [0.15, 0.2) is 30.3 Å². The van der Waals surface area contributed by atoms with Crippen molar-refractivity contribution >= 4 is 27.5 Å². The molecule has 4 heterocycles. The molecular weight excluding hydrogens is 557 g/mol. The Morgan fingerprint density at radius 2 is 2.02 bits per heavy atom. The lowest BCUT2D eigenvalue weighted by Crippen LogP contribution is -2.51. The summed E-state index contributed by atoms with van der Waals surface area (Å²) in [6.45, 7) is 1.40. The monoisotopic (exact) mass is 586 g/mol. The van der Waals surface area contributed by atoms with E-state index in [0.29, 0.717) is 40.7 Å². The number of aromatic hydroxyl groups is 1. The fraction of sp³-hybridized carbons (Fsp3) is 0.394. The number of aromatic nitrogens is 2. The maximum absolute atomic E-state index is 16.8. The first-order chi connectivity index (χ1) is 20.8. The van der Waals surface area contributed by atoms with E-state index in [0.717, 1.165) is 32.2 Å². The van der Waals surface area contributed by atoms with E-state index in [9.17, 15) is 13.9 Å². The van der Waals surface area contributed by atoms with Gasteiger partial charge in [-0.25, -0.2) is 13.2 Å². The highest BCUT2D eigenvalue weighted by Gasteiger charge is 2.49. The molecule has 10 heteroatoms. The number of terminal acetylenes is 1. The van der Waals surface area contributed by atoms with E-state index < -0.39 is 23.3 Å². The van der Waals surface area contributed by atoms with Gasteiger partial charge in [-0.1, -0.05) is 12.0 Å². The number of benzene rings is 3. The lowest BCUT2D eigenvalue weighted by molar-refractivity contribution is 0.0947. The van der Waals surface area contributed by atoms with Crippen LogP contribution in [0.25, 0.3) is 32.8 Å². The van der Waals surface area contributed by atoms with Crippen LogP contribution in [0, 0.1) is 24.0 Å². The van der Waals surface area contributed by atoms with Gasteiger partial charge in [0.2, 0.25) is 0 Å². The van der Waals surface area contributed by atoms with Gasteiger partial charge in [0.25, 0.3) is 0 Å². The zero-order valence-electron chi connectivity index (χ0n) is 23.5. The van der Waals surface area contributed by atoms with E-state index >= 15 is 4.39 Å². The molecular formula is C33H29F3N4O3. The molecule has 7 nitrogen and oxygen atoms in total. The van der Waals surface area contributed by atoms with E-state index in [1.54, 1.807) is 6.07 Å². The van der Waals surface area contributed by atoms with Gasteiger partial charge < -0.3 is 19.5 Å². The fourth-order valence-corrected chi connectivity index (χ4v) is 7.60. The van der Waals surface area contributed by atoms with Crippen molar-refractivity contribution in [3.63, 3.8) is 0 Å². The molecule has 1 aliphatic carbocycles. The fourth-order valence-electron chi connectivity index (χ4n) is 7.60. The van der Waals surface area contributed by atoms with Gasteiger partial charge in [-0.2, -0.15) is 9.97 Å². The van der Waals surface area contributed by atoms with Crippen molar-refractivity contribution in [2.75, 3.05) is 31.6 Å². The smallest absolute Gasteiger partial charge is 0.319 e. The van der Waals surface area contributed by atoms with Crippen LogP contribution < -0.4 is 14.4 Å². The molecule has 1 saturated carbocycles. The van der Waals surface area contributed by atoms with E-state index in [1.165, 1.54) is 24.3 Å². The van der Waals surface area contributed by atoms with Gasteiger partial charge in [-0.3, -0.25) is 4.90 Å². The van der Waals surface area contributed by atoms with Crippen LogP contribution in [0.3, 0.4) is 0 Å². The summed E-state index contributed by atoms with van der Waals surface area (Å²) in [6.07, 6.45) is 8.50. The van der Waals surface area contributed by atoms with Gasteiger partial charge in [0.05, 0.1) is 22.5 Å². The van der Waals surface area contributed by atoms with Crippen molar-refractivity contribution in [2.24, 2.45) is 0 Å². The van der Waals surface area contributed by atoms with Crippen LogP contribution in [0.1, 0.15) is 37.7 Å². The molecule has 0 radical (unpaired) electrons. The van der Waals surface area contributed by atoms with Crippen molar-refractivity contribution in [3.05, 3.63) is 47.5 Å². The van der Waals surface area contributed by atoms with Crippen LogP contribution in [-0.4, -0.2) is 70.6 Å². The molecule has 0 spiro atoms. The maximum atomic E-state index is 16.8. The number of halogens is 3. The van der Waals surface area contributed by atoms with Crippen LogP contribution in [0.4, 0.5) is 19.0 Å². The van der Waals surface area contributed by atoms with Gasteiger partial charge in [0.15, 0.2) is 5.82 Å². The second kappa shape index (κ2) is 9.38. The van der Waals surface area contributed by atoms with E-state index in [1.807, 2.05) is 11.9 Å². The molecule has 3 aromatic carbocycles. The Morgan fingerprint density at radius 3 is 2.81 bits per heavy atom. The first kappa shape index (κ1) is 26.4. The van der Waals surface area contributed by atoms with Gasteiger partial charge in [-0.15, -0.1) is 6.42 Å². The van der Waals surface area contributed by atoms with Crippen molar-refractivity contribution in [2.45, 2.75) is 56.0 Å². The lowest BCUT2D eigenvalue weighted by atomic mass is 9.88. The number of hydrogen-bond acceptors (Lipinski definition) is 7. The van der Waals surface area contributed by atoms with Crippen LogP contribution in [-0.2, 0) is 0 Å². The largest absolute Gasteiger partial charge is 0.508 e. The maximum Gasteiger partial charge on any atom is 0.319 e. The van der Waals surface area contributed by atoms with Gasteiger partial charge in [0, 0.05) is 31.0 Å². The molecule has 3 fully saturated rings. The predicted octanol–water partition coefficient (Wildman–Crippen LogP) is 5.73. The number of phenolic OH excluding ortho intramolecular Hbond substituents is 1. The van der Waals surface area contributed by atoms with Gasteiger partial charge >= 0.3 is 6.01 Å². The summed E-state index contributed by atoms with van der Waals surface area (Å²) in [4.78, 5) is 13.4. The molecule has 1 aromatic heterocycles. The Kier molecular flexibility index (Phi) is 5.76. The highest BCUT2D eigenvalue weighted by molar-refractivity contribution is 6.05. The average molecular weight is 587 g/mol. The van der Waals surface area contributed by atoms with Crippen LogP contribution >= 0.6 is 0 Å². The topological polar surface area (TPSA) is 71.0 Å².